The lowest BCUT2D eigenvalue weighted by Crippen LogP contribution is -2.31. The fourth-order valence-corrected chi connectivity index (χ4v) is 1.80. The zero-order chi connectivity index (χ0) is 14.2. The summed E-state index contributed by atoms with van der Waals surface area (Å²) in [5.74, 6) is -1.92. The van der Waals surface area contributed by atoms with E-state index in [-0.39, 0.29) is 17.5 Å². The molecule has 2 rings (SSSR count). The van der Waals surface area contributed by atoms with Gasteiger partial charge in [-0.3, -0.25) is 4.79 Å². The van der Waals surface area contributed by atoms with Gasteiger partial charge in [0.05, 0.1) is 0 Å². The van der Waals surface area contributed by atoms with Crippen LogP contribution in [0, 0.1) is 0 Å². The molecule has 1 aliphatic heterocycles. The Kier molecular flexibility index (Phi) is 3.21. The molecule has 1 aromatic heterocycles. The minimum absolute atomic E-state index is 0.103. The number of nitrogens with one attached hydrogen (secondary N) is 1. The van der Waals surface area contributed by atoms with Crippen molar-refractivity contribution in [3.05, 3.63) is 11.9 Å². The standard InChI is InChI=1S/C10H12F3N5O/c1-18-3-2-5(8(18)19)15-7-4-6(14)16-9(17-7)10(11,12)13/h4-5H,2-3H2,1H3,(H3,14,15,16,17). The Hall–Kier alpha value is -2.06. The molecule has 2 heterocycles. The summed E-state index contributed by atoms with van der Waals surface area (Å²) in [6.45, 7) is 0.545. The molecule has 1 aromatic rings. The lowest BCUT2D eigenvalue weighted by atomic mass is 10.2. The Labute approximate surface area is 106 Å². The van der Waals surface area contributed by atoms with Crippen molar-refractivity contribution >= 4 is 17.5 Å². The molecule has 1 atom stereocenters. The molecule has 0 spiro atoms. The van der Waals surface area contributed by atoms with Crippen LogP contribution >= 0.6 is 0 Å². The number of aromatic nitrogens is 2. The van der Waals surface area contributed by atoms with Gasteiger partial charge in [-0.05, 0) is 6.42 Å². The molecule has 0 bridgehead atoms. The summed E-state index contributed by atoms with van der Waals surface area (Å²) < 4.78 is 37.6. The van der Waals surface area contributed by atoms with Gasteiger partial charge in [-0.25, -0.2) is 9.97 Å². The maximum atomic E-state index is 12.5. The van der Waals surface area contributed by atoms with Crippen molar-refractivity contribution in [2.75, 3.05) is 24.6 Å². The van der Waals surface area contributed by atoms with Gasteiger partial charge in [-0.1, -0.05) is 0 Å². The van der Waals surface area contributed by atoms with Crippen LogP contribution in [-0.4, -0.2) is 40.4 Å². The minimum atomic E-state index is -4.68. The third-order valence-electron chi connectivity index (χ3n) is 2.75. The quantitative estimate of drug-likeness (QED) is 0.831. The number of nitrogens with two attached hydrogens (primary N) is 1. The van der Waals surface area contributed by atoms with Crippen molar-refractivity contribution in [3.8, 4) is 0 Å². The monoisotopic (exact) mass is 275 g/mol. The second-order valence-corrected chi connectivity index (χ2v) is 4.24. The molecular weight excluding hydrogens is 263 g/mol. The third kappa shape index (κ3) is 2.85. The summed E-state index contributed by atoms with van der Waals surface area (Å²) in [5.41, 5.74) is 5.31. The number of amides is 1. The number of hydrogen-bond donors (Lipinski definition) is 2. The van der Waals surface area contributed by atoms with E-state index in [1.54, 1.807) is 7.05 Å². The molecule has 1 aliphatic rings. The summed E-state index contributed by atoms with van der Waals surface area (Å²) in [6.07, 6.45) is -4.18. The molecule has 3 N–H and O–H groups in total. The van der Waals surface area contributed by atoms with Crippen molar-refractivity contribution in [1.82, 2.24) is 14.9 Å². The van der Waals surface area contributed by atoms with Crippen molar-refractivity contribution in [1.29, 1.82) is 0 Å². The van der Waals surface area contributed by atoms with E-state index in [0.29, 0.717) is 13.0 Å². The number of nitrogens with zero attached hydrogens (tertiary/aromatic N) is 3. The van der Waals surface area contributed by atoms with E-state index >= 15 is 0 Å². The third-order valence-corrected chi connectivity index (χ3v) is 2.75. The van der Waals surface area contributed by atoms with Gasteiger partial charge in [-0.15, -0.1) is 0 Å². The molecule has 6 nitrogen and oxygen atoms in total. The van der Waals surface area contributed by atoms with Gasteiger partial charge in [-0.2, -0.15) is 13.2 Å². The number of carbonyl (C=O) groups excluding carboxylic acids is 1. The summed E-state index contributed by atoms with van der Waals surface area (Å²) in [6, 6.07) is 0.585. The Morgan fingerprint density at radius 1 is 1.47 bits per heavy atom. The summed E-state index contributed by atoms with van der Waals surface area (Å²) in [4.78, 5) is 19.6. The van der Waals surface area contributed by atoms with Gasteiger partial charge in [0.2, 0.25) is 11.7 Å². The fourth-order valence-electron chi connectivity index (χ4n) is 1.80. The number of likely N-dealkylation sites (N-methyl/N-ethyl adjacent to an activating group) is 1. The average molecular weight is 275 g/mol. The van der Waals surface area contributed by atoms with Crippen LogP contribution < -0.4 is 11.1 Å². The predicted octanol–water partition coefficient (Wildman–Crippen LogP) is 0.720. The number of carbonyl (C=O) groups is 1. The molecule has 1 fully saturated rings. The SMILES string of the molecule is CN1CCC(Nc2cc(N)nc(C(F)(F)F)n2)C1=O. The highest BCUT2D eigenvalue weighted by atomic mass is 19.4. The van der Waals surface area contributed by atoms with Crippen LogP contribution in [0.15, 0.2) is 6.07 Å². The Morgan fingerprint density at radius 3 is 2.68 bits per heavy atom. The van der Waals surface area contributed by atoms with Gasteiger partial charge in [0.15, 0.2) is 0 Å². The number of likely N-dealkylation sites (tertiary alicyclic amines) is 1. The molecule has 19 heavy (non-hydrogen) atoms. The first kappa shape index (κ1) is 13.4. The second kappa shape index (κ2) is 4.56. The molecule has 104 valence electrons. The maximum absolute atomic E-state index is 12.5. The summed E-state index contributed by atoms with van der Waals surface area (Å²) >= 11 is 0. The highest BCUT2D eigenvalue weighted by Gasteiger charge is 2.36. The number of anilines is 2. The second-order valence-electron chi connectivity index (χ2n) is 4.24. The van der Waals surface area contributed by atoms with Crippen molar-refractivity contribution in [2.45, 2.75) is 18.6 Å². The van der Waals surface area contributed by atoms with E-state index < -0.39 is 18.0 Å². The van der Waals surface area contributed by atoms with E-state index in [1.807, 2.05) is 0 Å². The normalized spacial score (nSPS) is 19.9. The molecule has 0 aliphatic carbocycles. The molecule has 1 amide bonds. The first-order valence-electron chi connectivity index (χ1n) is 5.50. The van der Waals surface area contributed by atoms with Crippen LogP contribution in [0.25, 0.3) is 0 Å². The summed E-state index contributed by atoms with van der Waals surface area (Å²) in [7, 11) is 1.62. The van der Waals surface area contributed by atoms with Crippen LogP contribution in [0.1, 0.15) is 12.2 Å². The van der Waals surface area contributed by atoms with Crippen molar-refractivity contribution < 1.29 is 18.0 Å². The van der Waals surface area contributed by atoms with Crippen LogP contribution in [0.3, 0.4) is 0 Å². The molecule has 1 unspecified atom stereocenters. The Balaban J connectivity index is 2.22. The summed E-state index contributed by atoms with van der Waals surface area (Å²) in [5, 5.41) is 2.65. The average Bonchev–Trinajstić information content (AvgIpc) is 2.59. The van der Waals surface area contributed by atoms with Gasteiger partial charge in [0, 0.05) is 19.7 Å². The number of nitrogen functional groups attached to an aromatic ring is 1. The van der Waals surface area contributed by atoms with Gasteiger partial charge in [0.25, 0.3) is 0 Å². The van der Waals surface area contributed by atoms with Gasteiger partial charge < -0.3 is 16.0 Å². The van der Waals surface area contributed by atoms with Crippen LogP contribution in [-0.2, 0) is 11.0 Å². The number of alkyl halides is 3. The molecule has 0 radical (unpaired) electrons. The van der Waals surface area contributed by atoms with Crippen molar-refractivity contribution in [3.63, 3.8) is 0 Å². The fraction of sp³-hybridized carbons (Fsp3) is 0.500. The van der Waals surface area contributed by atoms with Crippen molar-refractivity contribution in [2.24, 2.45) is 0 Å². The number of hydrogen-bond acceptors (Lipinski definition) is 5. The highest BCUT2D eigenvalue weighted by Crippen LogP contribution is 2.28. The van der Waals surface area contributed by atoms with E-state index in [9.17, 15) is 18.0 Å². The predicted molar refractivity (Wildman–Crippen MR) is 61.1 cm³/mol. The Morgan fingerprint density at radius 2 is 2.16 bits per heavy atom. The topological polar surface area (TPSA) is 84.1 Å². The smallest absolute Gasteiger partial charge is 0.384 e. The molecule has 9 heteroatoms. The Bertz CT molecular complexity index is 504. The molecule has 0 saturated carbocycles. The lowest BCUT2D eigenvalue weighted by molar-refractivity contribution is -0.144. The molecule has 0 aromatic carbocycles. The van der Waals surface area contributed by atoms with Crippen LogP contribution in [0.2, 0.25) is 0 Å². The van der Waals surface area contributed by atoms with E-state index in [0.717, 1.165) is 0 Å². The lowest BCUT2D eigenvalue weighted by Gasteiger charge is -2.14. The molecular formula is C10H12F3N5O. The number of halogens is 3. The van der Waals surface area contributed by atoms with E-state index in [4.69, 9.17) is 5.73 Å². The largest absolute Gasteiger partial charge is 0.451 e. The van der Waals surface area contributed by atoms with Crippen LogP contribution in [0.5, 0.6) is 0 Å². The van der Waals surface area contributed by atoms with Crippen LogP contribution in [0.4, 0.5) is 24.8 Å². The number of rotatable bonds is 2. The first-order valence-corrected chi connectivity index (χ1v) is 5.50. The minimum Gasteiger partial charge on any atom is -0.384 e. The van der Waals surface area contributed by atoms with E-state index in [1.165, 1.54) is 11.0 Å². The van der Waals surface area contributed by atoms with Gasteiger partial charge >= 0.3 is 6.18 Å². The molecule has 1 saturated heterocycles. The zero-order valence-corrected chi connectivity index (χ0v) is 10.0. The van der Waals surface area contributed by atoms with Gasteiger partial charge in [0.1, 0.15) is 17.7 Å². The maximum Gasteiger partial charge on any atom is 0.451 e. The highest BCUT2D eigenvalue weighted by molar-refractivity contribution is 5.86. The first-order chi connectivity index (χ1) is 8.77. The van der Waals surface area contributed by atoms with E-state index in [2.05, 4.69) is 15.3 Å². The zero-order valence-electron chi connectivity index (χ0n) is 10.0.